The van der Waals surface area contributed by atoms with Crippen LogP contribution >= 0.6 is 23.2 Å². The van der Waals surface area contributed by atoms with Crippen LogP contribution in [0.5, 0.6) is 0 Å². The molecular formula is C20H20Cl2N4O2. The van der Waals surface area contributed by atoms with Crippen LogP contribution in [0.1, 0.15) is 19.3 Å². The van der Waals surface area contributed by atoms with Crippen molar-refractivity contribution in [3.05, 3.63) is 52.6 Å². The third-order valence-corrected chi connectivity index (χ3v) is 5.68. The second-order valence-corrected chi connectivity index (χ2v) is 7.52. The van der Waals surface area contributed by atoms with Gasteiger partial charge >= 0.3 is 6.09 Å². The van der Waals surface area contributed by atoms with Gasteiger partial charge in [0.1, 0.15) is 0 Å². The third-order valence-electron chi connectivity index (χ3n) is 4.94. The standard InChI is InChI=1S/C20H20Cl2N4O2/c1-28-20(27)25(19-4-2-3-9-23-19)14-6-8-18-13(10-14)12-24-26(18)15-5-7-16(21)17(22)11-15/h5-8,10-12,19,23H,2-4,9H2,1H3/t19-/m1/s1. The number of anilines is 1. The molecule has 4 rings (SSSR count). The highest BCUT2D eigenvalue weighted by Crippen LogP contribution is 2.29. The average molecular weight is 419 g/mol. The zero-order valence-electron chi connectivity index (χ0n) is 15.4. The molecule has 1 aliphatic heterocycles. The van der Waals surface area contributed by atoms with Gasteiger partial charge in [-0.25, -0.2) is 9.48 Å². The first-order valence-electron chi connectivity index (χ1n) is 9.12. The van der Waals surface area contributed by atoms with Gasteiger partial charge in [0.25, 0.3) is 0 Å². The van der Waals surface area contributed by atoms with Crippen molar-refractivity contribution >= 4 is 45.9 Å². The predicted octanol–water partition coefficient (Wildman–Crippen LogP) is 5.00. The maximum absolute atomic E-state index is 12.5. The van der Waals surface area contributed by atoms with E-state index in [1.54, 1.807) is 27.9 Å². The van der Waals surface area contributed by atoms with E-state index in [1.165, 1.54) is 7.11 Å². The molecule has 28 heavy (non-hydrogen) atoms. The van der Waals surface area contributed by atoms with E-state index in [2.05, 4.69) is 10.4 Å². The van der Waals surface area contributed by atoms with E-state index in [-0.39, 0.29) is 12.3 Å². The summed E-state index contributed by atoms with van der Waals surface area (Å²) in [7, 11) is 1.40. The van der Waals surface area contributed by atoms with Gasteiger partial charge in [0.15, 0.2) is 0 Å². The zero-order valence-corrected chi connectivity index (χ0v) is 16.9. The molecule has 1 aromatic heterocycles. The second kappa shape index (κ2) is 7.99. The third kappa shape index (κ3) is 3.55. The summed E-state index contributed by atoms with van der Waals surface area (Å²) in [5.41, 5.74) is 2.49. The van der Waals surface area contributed by atoms with Gasteiger partial charge in [-0.3, -0.25) is 10.2 Å². The van der Waals surface area contributed by atoms with E-state index in [4.69, 9.17) is 27.9 Å². The van der Waals surface area contributed by atoms with Gasteiger partial charge in [-0.1, -0.05) is 23.2 Å². The Hall–Kier alpha value is -2.28. The number of nitrogens with zero attached hydrogens (tertiary/aromatic N) is 3. The Morgan fingerprint density at radius 1 is 1.21 bits per heavy atom. The van der Waals surface area contributed by atoms with Gasteiger partial charge in [-0.15, -0.1) is 0 Å². The molecule has 6 nitrogen and oxygen atoms in total. The Morgan fingerprint density at radius 2 is 2.07 bits per heavy atom. The molecule has 8 heteroatoms. The van der Waals surface area contributed by atoms with E-state index in [9.17, 15) is 4.79 Å². The SMILES string of the molecule is COC(=O)N(c1ccc2c(cnn2-c2ccc(Cl)c(Cl)c2)c1)[C@@H]1CCCCN1. The lowest BCUT2D eigenvalue weighted by atomic mass is 10.1. The first kappa shape index (κ1) is 19.1. The summed E-state index contributed by atoms with van der Waals surface area (Å²) in [6.45, 7) is 0.885. The summed E-state index contributed by atoms with van der Waals surface area (Å²) in [5.74, 6) is 0. The number of fused-ring (bicyclic) bond motifs is 1. The molecule has 1 aliphatic rings. The normalized spacial score (nSPS) is 16.9. The summed E-state index contributed by atoms with van der Waals surface area (Å²) < 4.78 is 6.82. The number of benzene rings is 2. The summed E-state index contributed by atoms with van der Waals surface area (Å²) in [6.07, 6.45) is 4.38. The number of methoxy groups -OCH3 is 1. The highest BCUT2D eigenvalue weighted by Gasteiger charge is 2.27. The van der Waals surface area contributed by atoms with E-state index in [1.807, 2.05) is 24.3 Å². The largest absolute Gasteiger partial charge is 0.452 e. The minimum atomic E-state index is -0.379. The molecule has 1 N–H and O–H groups in total. The molecule has 0 aliphatic carbocycles. The van der Waals surface area contributed by atoms with E-state index < -0.39 is 0 Å². The number of aromatic nitrogens is 2. The minimum Gasteiger partial charge on any atom is -0.452 e. The van der Waals surface area contributed by atoms with Crippen LogP contribution in [0.3, 0.4) is 0 Å². The molecule has 1 atom stereocenters. The van der Waals surface area contributed by atoms with Crippen molar-refractivity contribution in [1.29, 1.82) is 0 Å². The lowest BCUT2D eigenvalue weighted by molar-refractivity contribution is 0.172. The molecule has 2 aromatic carbocycles. The number of ether oxygens (including phenoxy) is 1. The van der Waals surface area contributed by atoms with Crippen molar-refractivity contribution in [2.75, 3.05) is 18.6 Å². The van der Waals surface area contributed by atoms with Crippen LogP contribution in [0.2, 0.25) is 10.0 Å². The van der Waals surface area contributed by atoms with Gasteiger partial charge in [0.05, 0.1) is 40.7 Å². The van der Waals surface area contributed by atoms with E-state index >= 15 is 0 Å². The quantitative estimate of drug-likeness (QED) is 0.649. The maximum atomic E-state index is 12.5. The Balaban J connectivity index is 1.73. The fraction of sp³-hybridized carbons (Fsp3) is 0.300. The summed E-state index contributed by atoms with van der Waals surface area (Å²) in [6, 6.07) is 11.2. The number of halogens is 2. The monoisotopic (exact) mass is 418 g/mol. The summed E-state index contributed by atoms with van der Waals surface area (Å²) >= 11 is 12.2. The Morgan fingerprint density at radius 3 is 2.79 bits per heavy atom. The van der Waals surface area contributed by atoms with E-state index in [0.29, 0.717) is 10.0 Å². The molecule has 0 bridgehead atoms. The molecule has 1 amide bonds. The number of amides is 1. The highest BCUT2D eigenvalue weighted by atomic mass is 35.5. The van der Waals surface area contributed by atoms with Gasteiger partial charge < -0.3 is 4.74 Å². The maximum Gasteiger partial charge on any atom is 0.415 e. The Kier molecular flexibility index (Phi) is 5.44. The second-order valence-electron chi connectivity index (χ2n) is 6.70. The molecule has 2 heterocycles. The molecular weight excluding hydrogens is 399 g/mol. The average Bonchev–Trinajstić information content (AvgIpc) is 3.14. The Bertz CT molecular complexity index is 1010. The molecule has 0 unspecified atom stereocenters. The van der Waals surface area contributed by atoms with Crippen molar-refractivity contribution < 1.29 is 9.53 Å². The van der Waals surface area contributed by atoms with Crippen molar-refractivity contribution in [1.82, 2.24) is 15.1 Å². The van der Waals surface area contributed by atoms with Crippen molar-refractivity contribution in [2.45, 2.75) is 25.4 Å². The fourth-order valence-corrected chi connectivity index (χ4v) is 3.85. The molecule has 0 saturated carbocycles. The van der Waals surface area contributed by atoms with Gasteiger partial charge in [-0.05, 0) is 62.2 Å². The smallest absolute Gasteiger partial charge is 0.415 e. The lowest BCUT2D eigenvalue weighted by Gasteiger charge is -2.34. The Labute approximate surface area is 173 Å². The van der Waals surface area contributed by atoms with Crippen LogP contribution in [0, 0.1) is 0 Å². The number of rotatable bonds is 3. The zero-order chi connectivity index (χ0) is 19.7. The number of hydrogen-bond acceptors (Lipinski definition) is 4. The van der Waals surface area contributed by atoms with Gasteiger partial charge in [0.2, 0.25) is 0 Å². The number of hydrogen-bond donors (Lipinski definition) is 1. The van der Waals surface area contributed by atoms with Crippen LogP contribution in [0.25, 0.3) is 16.6 Å². The van der Waals surface area contributed by atoms with Crippen molar-refractivity contribution in [3.63, 3.8) is 0 Å². The van der Waals surface area contributed by atoms with Crippen molar-refractivity contribution in [2.24, 2.45) is 0 Å². The topological polar surface area (TPSA) is 59.4 Å². The molecule has 0 radical (unpaired) electrons. The lowest BCUT2D eigenvalue weighted by Crippen LogP contribution is -2.51. The van der Waals surface area contributed by atoms with Crippen LogP contribution in [-0.4, -0.2) is 35.7 Å². The predicted molar refractivity (Wildman–Crippen MR) is 112 cm³/mol. The van der Waals surface area contributed by atoms with Gasteiger partial charge in [0, 0.05) is 11.1 Å². The summed E-state index contributed by atoms with van der Waals surface area (Å²) in [5, 5.41) is 9.76. The molecule has 1 fully saturated rings. The van der Waals surface area contributed by atoms with Crippen LogP contribution in [0.15, 0.2) is 42.6 Å². The van der Waals surface area contributed by atoms with Crippen LogP contribution in [0.4, 0.5) is 10.5 Å². The fourth-order valence-electron chi connectivity index (χ4n) is 3.56. The van der Waals surface area contributed by atoms with Crippen molar-refractivity contribution in [3.8, 4) is 5.69 Å². The first-order chi connectivity index (χ1) is 13.6. The van der Waals surface area contributed by atoms with Gasteiger partial charge in [-0.2, -0.15) is 5.10 Å². The number of piperidine rings is 1. The molecule has 1 saturated heterocycles. The molecule has 3 aromatic rings. The summed E-state index contributed by atoms with van der Waals surface area (Å²) in [4.78, 5) is 14.1. The van der Waals surface area contributed by atoms with E-state index in [0.717, 1.165) is 48.1 Å². The number of nitrogens with one attached hydrogen (secondary N) is 1. The molecule has 0 spiro atoms. The van der Waals surface area contributed by atoms with Crippen LogP contribution in [-0.2, 0) is 4.74 Å². The first-order valence-corrected chi connectivity index (χ1v) is 9.88. The molecule has 146 valence electrons. The number of carbonyl (C=O) groups is 1. The minimum absolute atomic E-state index is 0.0798. The highest BCUT2D eigenvalue weighted by molar-refractivity contribution is 6.42. The van der Waals surface area contributed by atoms with Crippen LogP contribution < -0.4 is 10.2 Å². The number of carbonyl (C=O) groups excluding carboxylic acids is 1.